The normalized spacial score (nSPS) is 9.13. The molecule has 3 nitrogen and oxygen atoms in total. The smallest absolute Gasteiger partial charge is 0.308 e. The van der Waals surface area contributed by atoms with E-state index >= 15 is 0 Å². The summed E-state index contributed by atoms with van der Waals surface area (Å²) in [6.45, 7) is 1.34. The van der Waals surface area contributed by atoms with Gasteiger partial charge >= 0.3 is 5.97 Å². The highest BCUT2D eigenvalue weighted by Crippen LogP contribution is 2.28. The summed E-state index contributed by atoms with van der Waals surface area (Å²) >= 11 is 0. The minimum atomic E-state index is -0.377. The maximum absolute atomic E-state index is 10.8. The molecule has 3 heteroatoms. The van der Waals surface area contributed by atoms with E-state index in [0.29, 0.717) is 17.9 Å². The van der Waals surface area contributed by atoms with Crippen LogP contribution < -0.4 is 9.47 Å². The van der Waals surface area contributed by atoms with Crippen molar-refractivity contribution in [1.82, 2.24) is 0 Å². The number of carbonyl (C=O) groups is 1. The first kappa shape index (κ1) is 11.1. The van der Waals surface area contributed by atoms with Crippen LogP contribution in [0.25, 0.3) is 0 Å². The maximum atomic E-state index is 10.8. The van der Waals surface area contributed by atoms with Gasteiger partial charge < -0.3 is 9.47 Å². The van der Waals surface area contributed by atoms with Crippen LogP contribution in [0.1, 0.15) is 12.5 Å². The Bertz CT molecular complexity index is 402. The number of carbonyl (C=O) groups excluding carboxylic acids is 1. The summed E-state index contributed by atoms with van der Waals surface area (Å²) in [5.41, 5.74) is 0.949. The molecule has 0 atom stereocenters. The number of hydrogen-bond donors (Lipinski definition) is 0. The number of esters is 1. The van der Waals surface area contributed by atoms with Gasteiger partial charge in [0.15, 0.2) is 11.5 Å². The molecular formula is C12H12O3. The summed E-state index contributed by atoms with van der Waals surface area (Å²) in [5, 5.41) is 0. The molecule has 1 rings (SSSR count). The van der Waals surface area contributed by atoms with Crippen LogP contribution in [0.4, 0.5) is 0 Å². The molecule has 15 heavy (non-hydrogen) atoms. The van der Waals surface area contributed by atoms with Gasteiger partial charge in [-0.2, -0.15) is 0 Å². The van der Waals surface area contributed by atoms with Crippen LogP contribution in [0, 0.1) is 12.3 Å². The lowest BCUT2D eigenvalue weighted by Gasteiger charge is -2.08. The highest BCUT2D eigenvalue weighted by atomic mass is 16.6. The monoisotopic (exact) mass is 204 g/mol. The highest BCUT2D eigenvalue weighted by molar-refractivity contribution is 5.70. The molecule has 0 unspecified atom stereocenters. The van der Waals surface area contributed by atoms with E-state index in [2.05, 4.69) is 5.92 Å². The Morgan fingerprint density at radius 2 is 2.20 bits per heavy atom. The van der Waals surface area contributed by atoms with Gasteiger partial charge in [0.25, 0.3) is 0 Å². The summed E-state index contributed by atoms with van der Waals surface area (Å²) in [4.78, 5) is 10.8. The Balaban J connectivity index is 2.99. The molecule has 0 aliphatic carbocycles. The Morgan fingerprint density at radius 3 is 2.73 bits per heavy atom. The van der Waals surface area contributed by atoms with E-state index in [0.717, 1.165) is 5.56 Å². The number of methoxy groups -OCH3 is 1. The molecule has 0 N–H and O–H groups in total. The van der Waals surface area contributed by atoms with Crippen molar-refractivity contribution in [2.24, 2.45) is 0 Å². The third-order valence-electron chi connectivity index (χ3n) is 1.79. The average molecular weight is 204 g/mol. The fraction of sp³-hybridized carbons (Fsp3) is 0.250. The van der Waals surface area contributed by atoms with Crippen LogP contribution in [-0.2, 0) is 11.2 Å². The Kier molecular flexibility index (Phi) is 3.75. The zero-order chi connectivity index (χ0) is 11.3. The SMILES string of the molecule is C#CCc1ccc(OC(C)=O)c(OC)c1. The summed E-state index contributed by atoms with van der Waals surface area (Å²) in [5.74, 6) is 3.08. The van der Waals surface area contributed by atoms with Crippen LogP contribution in [-0.4, -0.2) is 13.1 Å². The van der Waals surface area contributed by atoms with Crippen LogP contribution in [0.15, 0.2) is 18.2 Å². The predicted molar refractivity (Wildman–Crippen MR) is 56.8 cm³/mol. The molecule has 1 aromatic rings. The predicted octanol–water partition coefficient (Wildman–Crippen LogP) is 1.80. The van der Waals surface area contributed by atoms with Gasteiger partial charge in [-0.3, -0.25) is 4.79 Å². The number of rotatable bonds is 3. The van der Waals surface area contributed by atoms with E-state index in [4.69, 9.17) is 15.9 Å². The second-order valence-corrected chi connectivity index (χ2v) is 2.96. The van der Waals surface area contributed by atoms with Gasteiger partial charge in [-0.15, -0.1) is 12.3 Å². The molecular weight excluding hydrogens is 192 g/mol. The zero-order valence-corrected chi connectivity index (χ0v) is 8.74. The molecule has 0 fully saturated rings. The van der Waals surface area contributed by atoms with Crippen molar-refractivity contribution in [1.29, 1.82) is 0 Å². The van der Waals surface area contributed by atoms with Crippen molar-refractivity contribution in [2.45, 2.75) is 13.3 Å². The number of benzene rings is 1. The summed E-state index contributed by atoms with van der Waals surface area (Å²) in [6, 6.07) is 5.24. The second kappa shape index (κ2) is 5.06. The topological polar surface area (TPSA) is 35.5 Å². The highest BCUT2D eigenvalue weighted by Gasteiger charge is 2.07. The van der Waals surface area contributed by atoms with Gasteiger partial charge in [-0.05, 0) is 17.7 Å². The maximum Gasteiger partial charge on any atom is 0.308 e. The molecule has 0 aliphatic heterocycles. The van der Waals surface area contributed by atoms with E-state index in [-0.39, 0.29) is 5.97 Å². The van der Waals surface area contributed by atoms with Crippen molar-refractivity contribution in [2.75, 3.05) is 7.11 Å². The Hall–Kier alpha value is -1.95. The quantitative estimate of drug-likeness (QED) is 0.428. The van der Waals surface area contributed by atoms with Gasteiger partial charge in [0.2, 0.25) is 0 Å². The minimum absolute atomic E-state index is 0.377. The largest absolute Gasteiger partial charge is 0.493 e. The van der Waals surface area contributed by atoms with Crippen LogP contribution >= 0.6 is 0 Å². The number of ether oxygens (including phenoxy) is 2. The molecule has 0 heterocycles. The third-order valence-corrected chi connectivity index (χ3v) is 1.79. The van der Waals surface area contributed by atoms with E-state index in [1.54, 1.807) is 18.2 Å². The first-order valence-corrected chi connectivity index (χ1v) is 4.46. The van der Waals surface area contributed by atoms with E-state index in [9.17, 15) is 4.79 Å². The molecule has 0 saturated heterocycles. The van der Waals surface area contributed by atoms with Gasteiger partial charge in [0.05, 0.1) is 7.11 Å². The number of terminal acetylenes is 1. The first-order valence-electron chi connectivity index (χ1n) is 4.46. The molecule has 0 aromatic heterocycles. The lowest BCUT2D eigenvalue weighted by molar-refractivity contribution is -0.132. The average Bonchev–Trinajstić information content (AvgIpc) is 2.20. The zero-order valence-electron chi connectivity index (χ0n) is 8.74. The van der Waals surface area contributed by atoms with Gasteiger partial charge in [0.1, 0.15) is 0 Å². The molecule has 0 amide bonds. The lowest BCUT2D eigenvalue weighted by Crippen LogP contribution is -2.03. The van der Waals surface area contributed by atoms with Crippen LogP contribution in [0.3, 0.4) is 0 Å². The standard InChI is InChI=1S/C12H12O3/c1-4-5-10-6-7-11(15-9(2)13)12(8-10)14-3/h1,6-8H,5H2,2-3H3. The van der Waals surface area contributed by atoms with Gasteiger partial charge in [-0.1, -0.05) is 6.07 Å². The summed E-state index contributed by atoms with van der Waals surface area (Å²) in [6.07, 6.45) is 5.72. The molecule has 78 valence electrons. The first-order chi connectivity index (χ1) is 7.17. The second-order valence-electron chi connectivity index (χ2n) is 2.96. The van der Waals surface area contributed by atoms with Crippen molar-refractivity contribution in [3.8, 4) is 23.8 Å². The van der Waals surface area contributed by atoms with Crippen molar-refractivity contribution in [3.05, 3.63) is 23.8 Å². The van der Waals surface area contributed by atoms with E-state index in [1.165, 1.54) is 14.0 Å². The fourth-order valence-corrected chi connectivity index (χ4v) is 1.18. The molecule has 0 saturated carbocycles. The molecule has 0 radical (unpaired) electrons. The van der Waals surface area contributed by atoms with Crippen LogP contribution in [0.2, 0.25) is 0 Å². The number of hydrogen-bond acceptors (Lipinski definition) is 3. The Morgan fingerprint density at radius 1 is 1.47 bits per heavy atom. The fourth-order valence-electron chi connectivity index (χ4n) is 1.18. The minimum Gasteiger partial charge on any atom is -0.493 e. The summed E-state index contributed by atoms with van der Waals surface area (Å²) in [7, 11) is 1.52. The molecule has 0 spiro atoms. The lowest BCUT2D eigenvalue weighted by atomic mass is 10.1. The molecule has 0 aliphatic rings. The van der Waals surface area contributed by atoms with Crippen LogP contribution in [0.5, 0.6) is 11.5 Å². The van der Waals surface area contributed by atoms with Gasteiger partial charge in [-0.25, -0.2) is 0 Å². The van der Waals surface area contributed by atoms with E-state index < -0.39 is 0 Å². The van der Waals surface area contributed by atoms with Gasteiger partial charge in [0, 0.05) is 13.3 Å². The third kappa shape index (κ3) is 3.03. The molecule has 1 aromatic carbocycles. The Labute approximate surface area is 89.0 Å². The van der Waals surface area contributed by atoms with E-state index in [1.807, 2.05) is 0 Å². The van der Waals surface area contributed by atoms with Crippen molar-refractivity contribution < 1.29 is 14.3 Å². The van der Waals surface area contributed by atoms with Crippen molar-refractivity contribution in [3.63, 3.8) is 0 Å². The summed E-state index contributed by atoms with van der Waals surface area (Å²) < 4.78 is 10.0. The van der Waals surface area contributed by atoms with Crippen molar-refractivity contribution >= 4 is 5.97 Å². The molecule has 0 bridgehead atoms.